The Morgan fingerprint density at radius 2 is 0.720 bits per heavy atom. The van der Waals surface area contributed by atoms with E-state index in [0.717, 1.165) is 38.5 Å². The fourth-order valence-electron chi connectivity index (χ4n) is 8.05. The molecule has 0 aliphatic carbocycles. The summed E-state index contributed by atoms with van der Waals surface area (Å²) in [5, 5.41) is 3.55. The molecule has 3 rings (SSSR count). The maximum atomic E-state index is 12.1. The highest BCUT2D eigenvalue weighted by Gasteiger charge is 2.51. The van der Waals surface area contributed by atoms with Crippen LogP contribution >= 0.6 is 22.0 Å². The van der Waals surface area contributed by atoms with Gasteiger partial charge in [-0.1, -0.05) is 19.7 Å². The van der Waals surface area contributed by atoms with Crippen LogP contribution in [0.25, 0.3) is 0 Å². The molecule has 3 heterocycles. The Bertz CT molecular complexity index is 1200. The van der Waals surface area contributed by atoms with Gasteiger partial charge in [0.05, 0.1) is 0 Å². The molecule has 0 aromatic heterocycles. The molecular formula is C39H67N3O6S2. The van der Waals surface area contributed by atoms with Crippen molar-refractivity contribution in [3.63, 3.8) is 0 Å². The maximum Gasteiger partial charge on any atom is 0.333 e. The second-order valence-corrected chi connectivity index (χ2v) is 20.5. The molecule has 0 unspecified atom stereocenters. The molecule has 3 fully saturated rings. The molecule has 0 radical (unpaired) electrons. The molecule has 3 aliphatic rings. The van der Waals surface area contributed by atoms with Gasteiger partial charge < -0.3 is 19.5 Å². The van der Waals surface area contributed by atoms with Crippen molar-refractivity contribution in [1.29, 1.82) is 0 Å². The van der Waals surface area contributed by atoms with Gasteiger partial charge in [0.1, 0.15) is 18.3 Å². The maximum absolute atomic E-state index is 12.1. The first-order valence-corrected chi connectivity index (χ1v) is 19.8. The Morgan fingerprint density at radius 1 is 0.500 bits per heavy atom. The number of carbonyl (C=O) groups excluding carboxylic acids is 3. The Balaban J connectivity index is 0.000000452. The summed E-state index contributed by atoms with van der Waals surface area (Å²) < 4.78 is 21.9. The zero-order valence-electron chi connectivity index (χ0n) is 33.8. The van der Waals surface area contributed by atoms with Crippen LogP contribution in [0, 0.1) is 0 Å². The van der Waals surface area contributed by atoms with Gasteiger partial charge in [-0.25, -0.2) is 23.0 Å². The summed E-state index contributed by atoms with van der Waals surface area (Å²) >= 11 is 0. The minimum absolute atomic E-state index is 0.00176. The Hall–Kier alpha value is -1.79. The van der Waals surface area contributed by atoms with E-state index >= 15 is 0 Å². The van der Waals surface area contributed by atoms with Gasteiger partial charge in [0.2, 0.25) is 0 Å². The summed E-state index contributed by atoms with van der Waals surface area (Å²) in [5.41, 5.74) is 0.630. The molecule has 3 saturated heterocycles. The second-order valence-electron chi connectivity index (χ2n) is 18.5. The predicted octanol–water partition coefficient (Wildman–Crippen LogP) is 8.89. The van der Waals surface area contributed by atoms with E-state index in [1.165, 1.54) is 0 Å². The largest absolute Gasteiger partial charge is 0.459 e. The lowest BCUT2D eigenvalue weighted by Crippen LogP contribution is -2.61. The lowest BCUT2D eigenvalue weighted by molar-refractivity contribution is -0.152. The van der Waals surface area contributed by atoms with E-state index in [1.807, 2.05) is 0 Å². The van der Waals surface area contributed by atoms with Crippen LogP contribution in [0.3, 0.4) is 0 Å². The number of piperidine rings is 3. The average Bonchev–Trinajstić information content (AvgIpc) is 2.86. The van der Waals surface area contributed by atoms with E-state index < -0.39 is 0 Å². The van der Waals surface area contributed by atoms with Gasteiger partial charge in [0, 0.05) is 110 Å². The van der Waals surface area contributed by atoms with E-state index in [0.29, 0.717) is 16.7 Å². The van der Waals surface area contributed by atoms with Crippen LogP contribution in [0.4, 0.5) is 0 Å². The van der Waals surface area contributed by atoms with E-state index in [9.17, 15) is 14.4 Å². The molecule has 1 N–H and O–H groups in total. The smallest absolute Gasteiger partial charge is 0.333 e. The number of esters is 3. The molecule has 0 atom stereocenters. The van der Waals surface area contributed by atoms with Gasteiger partial charge in [0.25, 0.3) is 0 Å². The quantitative estimate of drug-likeness (QED) is 0.0808. The molecule has 3 aliphatic heterocycles. The summed E-state index contributed by atoms with van der Waals surface area (Å²) in [6.45, 7) is 42.3. The first kappa shape index (κ1) is 44.4. The third-order valence-corrected chi connectivity index (χ3v) is 12.7. The minimum atomic E-state index is -0.314. The molecule has 0 amide bonds. The Labute approximate surface area is 311 Å². The zero-order valence-corrected chi connectivity index (χ0v) is 35.4. The van der Waals surface area contributed by atoms with Crippen LogP contribution in [0.15, 0.2) is 36.5 Å². The van der Waals surface area contributed by atoms with Crippen molar-refractivity contribution in [2.45, 2.75) is 194 Å². The number of nitrogens with one attached hydrogen (secondary N) is 1. The van der Waals surface area contributed by atoms with Crippen LogP contribution in [0.2, 0.25) is 0 Å². The fraction of sp³-hybridized carbons (Fsp3) is 0.769. The molecule has 286 valence electrons. The lowest BCUT2D eigenvalue weighted by Gasteiger charge is -2.56. The first-order chi connectivity index (χ1) is 22.4. The molecule has 11 heteroatoms. The van der Waals surface area contributed by atoms with Crippen molar-refractivity contribution in [1.82, 2.24) is 13.9 Å². The summed E-state index contributed by atoms with van der Waals surface area (Å²) in [6.07, 6.45) is 4.43. The van der Waals surface area contributed by atoms with Gasteiger partial charge in [-0.2, -0.15) is 0 Å². The number of rotatable bonds is 9. The van der Waals surface area contributed by atoms with Crippen molar-refractivity contribution >= 4 is 39.9 Å². The van der Waals surface area contributed by atoms with Crippen LogP contribution in [0.1, 0.15) is 142 Å². The van der Waals surface area contributed by atoms with Crippen LogP contribution in [-0.4, -0.2) is 78.1 Å². The molecule has 0 saturated carbocycles. The predicted molar refractivity (Wildman–Crippen MR) is 208 cm³/mol. The molecule has 0 spiro atoms. The number of carbonyl (C=O) groups is 3. The SMILES string of the molecule is C=C(C)C(=O)OC1CC(C)(C)N(SSN2C(C)(C)CC(OC(=O)C(=C)C)CC2(C)C)C(C)(C)C1.C=C(C)C(=O)OC1CC(C)(C)NC(C)(C)C1. The summed E-state index contributed by atoms with van der Waals surface area (Å²) in [6, 6.07) is 0. The highest BCUT2D eigenvalue weighted by molar-refractivity contribution is 8.74. The standard InChI is InChI=1S/C26H44N2O4S2.C13H23NO2/c1-17(2)21(29)31-19-13-23(5,6)27(24(7,8)14-19)33-34-28-25(9,10)15-20(16-26(28,11)12)32-22(30)18(3)4;1-9(2)11(15)16-10-7-12(3,4)14-13(5,6)8-10/h19-20H,1,3,13-16H2,2,4-12H3;10,14H,1,7-8H2,2-6H3. The van der Waals surface area contributed by atoms with E-state index in [4.69, 9.17) is 14.2 Å². The lowest BCUT2D eigenvalue weighted by atomic mass is 9.81. The van der Waals surface area contributed by atoms with Gasteiger partial charge in [-0.15, -0.1) is 0 Å². The van der Waals surface area contributed by atoms with Crippen LogP contribution in [0.5, 0.6) is 0 Å². The summed E-state index contributed by atoms with van der Waals surface area (Å²) in [5.74, 6) is -0.907. The summed E-state index contributed by atoms with van der Waals surface area (Å²) in [7, 11) is 3.53. The normalized spacial score (nSPS) is 24.5. The number of hydrogen-bond donors (Lipinski definition) is 1. The van der Waals surface area contributed by atoms with Crippen molar-refractivity contribution < 1.29 is 28.6 Å². The highest BCUT2D eigenvalue weighted by atomic mass is 33.1. The molecule has 0 bridgehead atoms. The minimum Gasteiger partial charge on any atom is -0.459 e. The van der Waals surface area contributed by atoms with Gasteiger partial charge in [0.15, 0.2) is 0 Å². The third-order valence-electron chi connectivity index (χ3n) is 9.31. The fourth-order valence-corrected chi connectivity index (χ4v) is 12.1. The second kappa shape index (κ2) is 16.1. The molecule has 9 nitrogen and oxygen atoms in total. The van der Waals surface area contributed by atoms with Crippen molar-refractivity contribution in [2.24, 2.45) is 0 Å². The van der Waals surface area contributed by atoms with Gasteiger partial charge in [-0.05, 0) is 104 Å². The molecule has 50 heavy (non-hydrogen) atoms. The number of hydrogen-bond acceptors (Lipinski definition) is 11. The number of nitrogens with zero attached hydrogens (tertiary/aromatic N) is 2. The van der Waals surface area contributed by atoms with Gasteiger partial charge in [-0.3, -0.25) is 0 Å². The summed E-state index contributed by atoms with van der Waals surface area (Å²) in [4.78, 5) is 35.8. The highest BCUT2D eigenvalue weighted by Crippen LogP contribution is 2.53. The number of ether oxygens (including phenoxy) is 3. The molecular weight excluding hydrogens is 671 g/mol. The van der Waals surface area contributed by atoms with Crippen LogP contribution < -0.4 is 5.32 Å². The Morgan fingerprint density at radius 3 is 0.940 bits per heavy atom. The average molecular weight is 738 g/mol. The first-order valence-electron chi connectivity index (χ1n) is 17.7. The monoisotopic (exact) mass is 737 g/mol. The third kappa shape index (κ3) is 12.4. The zero-order chi connectivity index (χ0) is 38.8. The van der Waals surface area contributed by atoms with Crippen molar-refractivity contribution in [3.05, 3.63) is 36.5 Å². The molecule has 0 aromatic rings. The van der Waals surface area contributed by atoms with Crippen molar-refractivity contribution in [3.8, 4) is 0 Å². The topological polar surface area (TPSA) is 97.4 Å². The van der Waals surface area contributed by atoms with E-state index in [1.54, 1.807) is 42.7 Å². The van der Waals surface area contributed by atoms with Gasteiger partial charge >= 0.3 is 17.9 Å². The molecule has 0 aromatic carbocycles. The van der Waals surface area contributed by atoms with E-state index in [2.05, 4.69) is 117 Å². The van der Waals surface area contributed by atoms with Crippen LogP contribution in [-0.2, 0) is 28.6 Å². The van der Waals surface area contributed by atoms with Crippen molar-refractivity contribution in [2.75, 3.05) is 0 Å². The van der Waals surface area contributed by atoms with E-state index in [-0.39, 0.29) is 69.5 Å². The Kier molecular flexibility index (Phi) is 14.3.